The molecule has 0 radical (unpaired) electrons. The Kier molecular flexibility index (Phi) is 4.82. The van der Waals surface area contributed by atoms with E-state index in [0.29, 0.717) is 12.1 Å². The third kappa shape index (κ3) is 3.30. The zero-order chi connectivity index (χ0) is 11.2. The van der Waals surface area contributed by atoms with Gasteiger partial charge in [-0.3, -0.25) is 0 Å². The standard InChI is InChI=1S/C13H21NOS/c1-15-13-8-4-2-3-7-12(13)14-10-11-6-5-9-16-11/h5-6,9,12-14H,2-4,7-8,10H2,1H3. The van der Waals surface area contributed by atoms with Gasteiger partial charge in [-0.05, 0) is 24.3 Å². The van der Waals surface area contributed by atoms with Gasteiger partial charge >= 0.3 is 0 Å². The molecule has 3 heteroatoms. The molecule has 0 bridgehead atoms. The molecule has 2 rings (SSSR count). The van der Waals surface area contributed by atoms with Crippen molar-refractivity contribution in [2.75, 3.05) is 7.11 Å². The van der Waals surface area contributed by atoms with Gasteiger partial charge in [0, 0.05) is 24.6 Å². The Bertz CT molecular complexity index is 286. The van der Waals surface area contributed by atoms with Gasteiger partial charge in [-0.15, -0.1) is 11.3 Å². The maximum atomic E-state index is 5.59. The highest BCUT2D eigenvalue weighted by molar-refractivity contribution is 7.09. The van der Waals surface area contributed by atoms with E-state index in [2.05, 4.69) is 22.8 Å². The minimum Gasteiger partial charge on any atom is -0.380 e. The van der Waals surface area contributed by atoms with Gasteiger partial charge in [-0.25, -0.2) is 0 Å². The monoisotopic (exact) mass is 239 g/mol. The molecule has 0 aliphatic heterocycles. The number of nitrogens with one attached hydrogen (secondary N) is 1. The number of ether oxygens (including phenoxy) is 1. The van der Waals surface area contributed by atoms with E-state index in [1.807, 2.05) is 18.4 Å². The average molecular weight is 239 g/mol. The summed E-state index contributed by atoms with van der Waals surface area (Å²) >= 11 is 1.82. The molecule has 1 heterocycles. The molecule has 1 aliphatic carbocycles. The van der Waals surface area contributed by atoms with Crippen molar-refractivity contribution in [3.8, 4) is 0 Å². The summed E-state index contributed by atoms with van der Waals surface area (Å²) in [6, 6.07) is 4.84. The van der Waals surface area contributed by atoms with Crippen LogP contribution in [0.25, 0.3) is 0 Å². The molecule has 1 fully saturated rings. The minimum atomic E-state index is 0.405. The second kappa shape index (κ2) is 6.38. The molecular formula is C13H21NOS. The predicted molar refractivity (Wildman–Crippen MR) is 68.8 cm³/mol. The van der Waals surface area contributed by atoms with Crippen LogP contribution in [0.5, 0.6) is 0 Å². The first-order valence-electron chi connectivity index (χ1n) is 6.18. The molecule has 0 spiro atoms. The van der Waals surface area contributed by atoms with E-state index in [4.69, 9.17) is 4.74 Å². The molecule has 1 aromatic rings. The SMILES string of the molecule is COC1CCCCCC1NCc1cccs1. The smallest absolute Gasteiger partial charge is 0.0724 e. The van der Waals surface area contributed by atoms with Crippen LogP contribution in [0.2, 0.25) is 0 Å². The number of hydrogen-bond donors (Lipinski definition) is 1. The zero-order valence-electron chi connectivity index (χ0n) is 9.95. The molecule has 1 N–H and O–H groups in total. The lowest BCUT2D eigenvalue weighted by Gasteiger charge is -2.24. The molecule has 2 unspecified atom stereocenters. The highest BCUT2D eigenvalue weighted by Gasteiger charge is 2.22. The molecule has 0 amide bonds. The molecule has 0 saturated heterocycles. The van der Waals surface area contributed by atoms with E-state index in [1.165, 1.54) is 37.0 Å². The number of thiophene rings is 1. The fourth-order valence-electron chi connectivity index (χ4n) is 2.43. The van der Waals surface area contributed by atoms with Crippen LogP contribution in [-0.2, 0) is 11.3 Å². The Morgan fingerprint density at radius 3 is 3.00 bits per heavy atom. The van der Waals surface area contributed by atoms with Gasteiger partial charge in [0.2, 0.25) is 0 Å². The fraction of sp³-hybridized carbons (Fsp3) is 0.692. The van der Waals surface area contributed by atoms with Crippen molar-refractivity contribution in [1.29, 1.82) is 0 Å². The van der Waals surface area contributed by atoms with E-state index in [-0.39, 0.29) is 0 Å². The van der Waals surface area contributed by atoms with Gasteiger partial charge in [-0.1, -0.05) is 25.3 Å². The Hall–Kier alpha value is -0.380. The van der Waals surface area contributed by atoms with Crippen LogP contribution in [0.3, 0.4) is 0 Å². The van der Waals surface area contributed by atoms with Crippen molar-refractivity contribution < 1.29 is 4.74 Å². The summed E-state index contributed by atoms with van der Waals surface area (Å²) in [7, 11) is 1.84. The normalized spacial score (nSPS) is 26.6. The summed E-state index contributed by atoms with van der Waals surface area (Å²) in [6.07, 6.45) is 6.87. The van der Waals surface area contributed by atoms with Gasteiger partial charge in [0.25, 0.3) is 0 Å². The summed E-state index contributed by atoms with van der Waals surface area (Å²) in [5.41, 5.74) is 0. The number of methoxy groups -OCH3 is 1. The molecule has 90 valence electrons. The molecule has 0 aromatic carbocycles. The highest BCUT2D eigenvalue weighted by Crippen LogP contribution is 2.21. The van der Waals surface area contributed by atoms with E-state index in [0.717, 1.165) is 6.54 Å². The van der Waals surface area contributed by atoms with E-state index in [1.54, 1.807) is 0 Å². The Balaban J connectivity index is 1.85. The summed E-state index contributed by atoms with van der Waals surface area (Å²) in [4.78, 5) is 1.42. The lowest BCUT2D eigenvalue weighted by Crippen LogP contribution is -2.39. The maximum absolute atomic E-state index is 5.59. The molecule has 16 heavy (non-hydrogen) atoms. The Morgan fingerprint density at radius 2 is 2.25 bits per heavy atom. The van der Waals surface area contributed by atoms with Crippen molar-refractivity contribution >= 4 is 11.3 Å². The van der Waals surface area contributed by atoms with E-state index < -0.39 is 0 Å². The van der Waals surface area contributed by atoms with Crippen LogP contribution in [0.1, 0.15) is 37.0 Å². The van der Waals surface area contributed by atoms with Crippen LogP contribution in [0.15, 0.2) is 17.5 Å². The molecular weight excluding hydrogens is 218 g/mol. The molecule has 1 saturated carbocycles. The first-order chi connectivity index (χ1) is 7.90. The Morgan fingerprint density at radius 1 is 1.38 bits per heavy atom. The quantitative estimate of drug-likeness (QED) is 0.815. The van der Waals surface area contributed by atoms with Gasteiger partial charge in [0.15, 0.2) is 0 Å². The lowest BCUT2D eigenvalue weighted by atomic mass is 10.1. The van der Waals surface area contributed by atoms with Crippen molar-refractivity contribution in [3.63, 3.8) is 0 Å². The predicted octanol–water partition coefficient (Wildman–Crippen LogP) is 3.19. The van der Waals surface area contributed by atoms with Crippen molar-refractivity contribution in [2.24, 2.45) is 0 Å². The van der Waals surface area contributed by atoms with Crippen LogP contribution in [0.4, 0.5) is 0 Å². The largest absolute Gasteiger partial charge is 0.380 e. The third-order valence-corrected chi connectivity index (χ3v) is 4.25. The second-order valence-corrected chi connectivity index (χ2v) is 5.51. The van der Waals surface area contributed by atoms with Crippen molar-refractivity contribution in [3.05, 3.63) is 22.4 Å². The van der Waals surface area contributed by atoms with Gasteiger partial charge < -0.3 is 10.1 Å². The van der Waals surface area contributed by atoms with Gasteiger partial charge in [0.1, 0.15) is 0 Å². The minimum absolute atomic E-state index is 0.405. The molecule has 2 atom stereocenters. The van der Waals surface area contributed by atoms with Gasteiger partial charge in [0.05, 0.1) is 6.10 Å². The summed E-state index contributed by atoms with van der Waals surface area (Å²) < 4.78 is 5.59. The average Bonchev–Trinajstić information content (AvgIpc) is 2.71. The highest BCUT2D eigenvalue weighted by atomic mass is 32.1. The van der Waals surface area contributed by atoms with Crippen LogP contribution >= 0.6 is 11.3 Å². The van der Waals surface area contributed by atoms with Crippen molar-refractivity contribution in [2.45, 2.75) is 50.8 Å². The van der Waals surface area contributed by atoms with Crippen molar-refractivity contribution in [1.82, 2.24) is 5.32 Å². The van der Waals surface area contributed by atoms with Gasteiger partial charge in [-0.2, -0.15) is 0 Å². The molecule has 2 nitrogen and oxygen atoms in total. The second-order valence-electron chi connectivity index (χ2n) is 4.48. The zero-order valence-corrected chi connectivity index (χ0v) is 10.8. The van der Waals surface area contributed by atoms with Crippen LogP contribution in [0, 0.1) is 0 Å². The third-order valence-electron chi connectivity index (χ3n) is 3.37. The number of hydrogen-bond acceptors (Lipinski definition) is 3. The Labute approximate surface area is 102 Å². The summed E-state index contributed by atoms with van der Waals surface area (Å²) in [6.45, 7) is 0.988. The lowest BCUT2D eigenvalue weighted by molar-refractivity contribution is 0.0627. The first kappa shape index (κ1) is 12.1. The topological polar surface area (TPSA) is 21.3 Å². The number of rotatable bonds is 4. The fourth-order valence-corrected chi connectivity index (χ4v) is 3.09. The van der Waals surface area contributed by atoms with E-state index in [9.17, 15) is 0 Å². The summed E-state index contributed by atoms with van der Waals surface area (Å²) in [5, 5.41) is 5.79. The molecule has 1 aliphatic rings. The van der Waals surface area contributed by atoms with Crippen LogP contribution < -0.4 is 5.32 Å². The molecule has 1 aromatic heterocycles. The first-order valence-corrected chi connectivity index (χ1v) is 7.06. The van der Waals surface area contributed by atoms with E-state index >= 15 is 0 Å². The van der Waals surface area contributed by atoms with Crippen LogP contribution in [-0.4, -0.2) is 19.3 Å². The maximum Gasteiger partial charge on any atom is 0.0724 e. The summed E-state index contributed by atoms with van der Waals surface area (Å²) in [5.74, 6) is 0.